The van der Waals surface area contributed by atoms with Crippen molar-refractivity contribution in [1.29, 1.82) is 0 Å². The molecule has 3 rings (SSSR count). The molecule has 1 atom stereocenters. The van der Waals surface area contributed by atoms with Crippen molar-refractivity contribution in [2.45, 2.75) is 19.8 Å². The molecule has 0 aliphatic carbocycles. The standard InChI is InChI=1S/C17H22N2O4S/c1-12-8-14-9-15(5-6-16(14)23-12)18-17(20)19-7-3-4-13(10-19)11-24(2,21)22/h5-6,8-9,13H,3-4,7,10-11H2,1-2H3,(H,18,20). The summed E-state index contributed by atoms with van der Waals surface area (Å²) in [6, 6.07) is 7.25. The molecule has 1 N–H and O–H groups in total. The zero-order valence-corrected chi connectivity index (χ0v) is 14.7. The van der Waals surface area contributed by atoms with Gasteiger partial charge < -0.3 is 14.6 Å². The molecule has 1 aliphatic heterocycles. The summed E-state index contributed by atoms with van der Waals surface area (Å²) in [5.41, 5.74) is 1.50. The van der Waals surface area contributed by atoms with Crippen molar-refractivity contribution in [2.24, 2.45) is 5.92 Å². The summed E-state index contributed by atoms with van der Waals surface area (Å²) in [4.78, 5) is 14.2. The first kappa shape index (κ1) is 16.8. The van der Waals surface area contributed by atoms with Crippen LogP contribution >= 0.6 is 0 Å². The van der Waals surface area contributed by atoms with Crippen LogP contribution in [0.1, 0.15) is 18.6 Å². The van der Waals surface area contributed by atoms with Crippen molar-refractivity contribution in [2.75, 3.05) is 30.4 Å². The first-order valence-electron chi connectivity index (χ1n) is 8.04. The SMILES string of the molecule is Cc1cc2cc(NC(=O)N3CCCC(CS(C)(=O)=O)C3)ccc2o1. The number of anilines is 1. The summed E-state index contributed by atoms with van der Waals surface area (Å²) in [7, 11) is -3.02. The molecule has 2 aromatic rings. The predicted molar refractivity (Wildman–Crippen MR) is 94.0 cm³/mol. The van der Waals surface area contributed by atoms with Crippen LogP contribution in [-0.2, 0) is 9.84 Å². The summed E-state index contributed by atoms with van der Waals surface area (Å²) >= 11 is 0. The number of hydrogen-bond acceptors (Lipinski definition) is 4. The molecular formula is C17H22N2O4S. The number of urea groups is 1. The molecule has 1 unspecified atom stereocenters. The van der Waals surface area contributed by atoms with E-state index in [0.717, 1.165) is 29.6 Å². The van der Waals surface area contributed by atoms with Gasteiger partial charge in [0.05, 0.1) is 5.75 Å². The Morgan fingerprint density at radius 3 is 2.92 bits per heavy atom. The van der Waals surface area contributed by atoms with Gasteiger partial charge >= 0.3 is 6.03 Å². The molecule has 130 valence electrons. The van der Waals surface area contributed by atoms with Crippen molar-refractivity contribution >= 4 is 32.5 Å². The van der Waals surface area contributed by atoms with Crippen LogP contribution in [0.5, 0.6) is 0 Å². The number of amides is 2. The number of hydrogen-bond donors (Lipinski definition) is 1. The molecule has 0 saturated carbocycles. The fraction of sp³-hybridized carbons (Fsp3) is 0.471. The van der Waals surface area contributed by atoms with Crippen LogP contribution in [0.3, 0.4) is 0 Å². The van der Waals surface area contributed by atoms with Crippen LogP contribution < -0.4 is 5.32 Å². The Morgan fingerprint density at radius 2 is 2.17 bits per heavy atom. The highest BCUT2D eigenvalue weighted by atomic mass is 32.2. The van der Waals surface area contributed by atoms with Crippen molar-refractivity contribution < 1.29 is 17.6 Å². The smallest absolute Gasteiger partial charge is 0.321 e. The molecule has 0 radical (unpaired) electrons. The third kappa shape index (κ3) is 4.08. The van der Waals surface area contributed by atoms with E-state index in [1.807, 2.05) is 25.1 Å². The maximum Gasteiger partial charge on any atom is 0.321 e. The second kappa shape index (κ2) is 6.47. The Balaban J connectivity index is 1.66. The maximum atomic E-state index is 12.5. The zero-order chi connectivity index (χ0) is 17.3. The van der Waals surface area contributed by atoms with Gasteiger partial charge in [-0.2, -0.15) is 0 Å². The van der Waals surface area contributed by atoms with Crippen LogP contribution in [-0.4, -0.2) is 44.4 Å². The van der Waals surface area contributed by atoms with Gasteiger partial charge in [-0.1, -0.05) is 0 Å². The van der Waals surface area contributed by atoms with Crippen molar-refractivity contribution in [3.63, 3.8) is 0 Å². The molecule has 6 nitrogen and oxygen atoms in total. The highest BCUT2D eigenvalue weighted by molar-refractivity contribution is 7.90. The summed E-state index contributed by atoms with van der Waals surface area (Å²) < 4.78 is 28.5. The number of carbonyl (C=O) groups excluding carboxylic acids is 1. The predicted octanol–water partition coefficient (Wildman–Crippen LogP) is 3.03. The summed E-state index contributed by atoms with van der Waals surface area (Å²) in [6.45, 7) is 3.01. The fourth-order valence-corrected chi connectivity index (χ4v) is 4.40. The average Bonchev–Trinajstić information content (AvgIpc) is 2.85. The van der Waals surface area contributed by atoms with Crippen LogP contribution in [0.25, 0.3) is 11.0 Å². The lowest BCUT2D eigenvalue weighted by molar-refractivity contribution is 0.183. The highest BCUT2D eigenvalue weighted by Gasteiger charge is 2.26. The summed E-state index contributed by atoms with van der Waals surface area (Å²) in [6.07, 6.45) is 2.92. The van der Waals surface area contributed by atoms with Gasteiger partial charge in [0.15, 0.2) is 0 Å². The Morgan fingerprint density at radius 1 is 1.38 bits per heavy atom. The summed E-state index contributed by atoms with van der Waals surface area (Å²) in [5.74, 6) is 0.975. The Labute approximate surface area is 141 Å². The molecule has 2 amide bonds. The Kier molecular flexibility index (Phi) is 4.54. The molecule has 1 saturated heterocycles. The van der Waals surface area contributed by atoms with Crippen LogP contribution in [0.2, 0.25) is 0 Å². The minimum atomic E-state index is -3.02. The largest absolute Gasteiger partial charge is 0.461 e. The Hall–Kier alpha value is -2.02. The van der Waals surface area contributed by atoms with Crippen LogP contribution in [0.4, 0.5) is 10.5 Å². The third-order valence-corrected chi connectivity index (χ3v) is 5.31. The van der Waals surface area contributed by atoms with Gasteiger partial charge in [-0.25, -0.2) is 13.2 Å². The average molecular weight is 350 g/mol. The highest BCUT2D eigenvalue weighted by Crippen LogP contribution is 2.24. The van der Waals surface area contributed by atoms with Crippen LogP contribution in [0.15, 0.2) is 28.7 Å². The van der Waals surface area contributed by atoms with Gasteiger partial charge in [0.2, 0.25) is 0 Å². The molecule has 24 heavy (non-hydrogen) atoms. The number of fused-ring (bicyclic) bond motifs is 1. The molecule has 0 spiro atoms. The lowest BCUT2D eigenvalue weighted by Gasteiger charge is -2.32. The second-order valence-electron chi connectivity index (χ2n) is 6.59. The van der Waals surface area contributed by atoms with Crippen molar-refractivity contribution in [3.8, 4) is 0 Å². The quantitative estimate of drug-likeness (QED) is 0.923. The monoisotopic (exact) mass is 350 g/mol. The number of benzene rings is 1. The number of piperidine rings is 1. The van der Waals surface area contributed by atoms with E-state index in [-0.39, 0.29) is 17.7 Å². The van der Waals surface area contributed by atoms with E-state index in [9.17, 15) is 13.2 Å². The molecule has 1 aliphatic rings. The van der Waals surface area contributed by atoms with Gasteiger partial charge in [-0.05, 0) is 49.9 Å². The van der Waals surface area contributed by atoms with Gasteiger partial charge in [-0.15, -0.1) is 0 Å². The summed E-state index contributed by atoms with van der Waals surface area (Å²) in [5, 5.41) is 3.84. The number of carbonyl (C=O) groups is 1. The number of aryl methyl sites for hydroxylation is 1. The van der Waals surface area contributed by atoms with Gasteiger partial charge in [-0.3, -0.25) is 0 Å². The Bertz CT molecular complexity index is 857. The third-order valence-electron chi connectivity index (χ3n) is 4.24. The number of rotatable bonds is 3. The number of nitrogens with zero attached hydrogens (tertiary/aromatic N) is 1. The molecule has 2 heterocycles. The van der Waals surface area contributed by atoms with Crippen molar-refractivity contribution in [3.05, 3.63) is 30.0 Å². The van der Waals surface area contributed by atoms with Crippen molar-refractivity contribution in [1.82, 2.24) is 4.90 Å². The van der Waals surface area contributed by atoms with Gasteiger partial charge in [0.25, 0.3) is 0 Å². The number of sulfone groups is 1. The molecule has 1 aromatic carbocycles. The molecule has 1 aromatic heterocycles. The topological polar surface area (TPSA) is 79.6 Å². The zero-order valence-electron chi connectivity index (χ0n) is 13.9. The fourth-order valence-electron chi connectivity index (χ4n) is 3.27. The van der Waals surface area contributed by atoms with E-state index in [0.29, 0.717) is 18.8 Å². The van der Waals surface area contributed by atoms with Crippen LogP contribution in [0, 0.1) is 12.8 Å². The van der Waals surface area contributed by atoms with Gasteiger partial charge in [0, 0.05) is 30.4 Å². The number of nitrogens with one attached hydrogen (secondary N) is 1. The minimum absolute atomic E-state index is 0.0125. The normalized spacial score (nSPS) is 18.8. The van der Waals surface area contributed by atoms with E-state index >= 15 is 0 Å². The number of likely N-dealkylation sites (tertiary alicyclic amines) is 1. The first-order valence-corrected chi connectivity index (χ1v) is 10.1. The molecular weight excluding hydrogens is 328 g/mol. The van der Waals surface area contributed by atoms with Gasteiger partial charge in [0.1, 0.15) is 21.2 Å². The first-order chi connectivity index (χ1) is 11.3. The van der Waals surface area contributed by atoms with E-state index < -0.39 is 9.84 Å². The molecule has 0 bridgehead atoms. The second-order valence-corrected chi connectivity index (χ2v) is 8.77. The van der Waals surface area contributed by atoms with E-state index in [4.69, 9.17) is 4.42 Å². The number of furan rings is 1. The lowest BCUT2D eigenvalue weighted by Crippen LogP contribution is -2.43. The van der Waals surface area contributed by atoms with E-state index in [1.54, 1.807) is 11.0 Å². The van der Waals surface area contributed by atoms with E-state index in [2.05, 4.69) is 5.32 Å². The van der Waals surface area contributed by atoms with E-state index in [1.165, 1.54) is 6.26 Å². The minimum Gasteiger partial charge on any atom is -0.461 e. The maximum absolute atomic E-state index is 12.5. The molecule has 1 fully saturated rings. The molecule has 7 heteroatoms. The lowest BCUT2D eigenvalue weighted by atomic mass is 10.0.